The summed E-state index contributed by atoms with van der Waals surface area (Å²) < 4.78 is 13.1. The molecule has 0 spiro atoms. The van der Waals surface area contributed by atoms with E-state index in [-0.39, 0.29) is 17.8 Å². The third kappa shape index (κ3) is 6.79. The second-order valence-corrected chi connectivity index (χ2v) is 9.06. The van der Waals surface area contributed by atoms with Gasteiger partial charge in [0.1, 0.15) is 5.82 Å². The molecule has 2 aromatic carbocycles. The number of carbonyl (C=O) groups excluding carboxylic acids is 2. The molecule has 1 aromatic heterocycles. The predicted octanol–water partition coefficient (Wildman–Crippen LogP) is 3.76. The number of carbonyl (C=O) groups is 2. The number of rotatable bonds is 8. The summed E-state index contributed by atoms with van der Waals surface area (Å²) in [5, 5.41) is 10.5. The first-order valence-corrected chi connectivity index (χ1v) is 12.1. The lowest BCUT2D eigenvalue weighted by Gasteiger charge is -2.36. The summed E-state index contributed by atoms with van der Waals surface area (Å²) in [4.78, 5) is 30.3. The molecule has 34 heavy (non-hydrogen) atoms. The van der Waals surface area contributed by atoms with E-state index in [1.807, 2.05) is 17.5 Å². The maximum Gasteiger partial charge on any atom is 0.319 e. The summed E-state index contributed by atoms with van der Waals surface area (Å²) in [7, 11) is 0. The van der Waals surface area contributed by atoms with Gasteiger partial charge in [0.05, 0.1) is 6.54 Å². The minimum Gasteiger partial charge on any atom is -0.369 e. The molecule has 7 nitrogen and oxygen atoms in total. The summed E-state index contributed by atoms with van der Waals surface area (Å²) in [5.41, 5.74) is 2.09. The van der Waals surface area contributed by atoms with E-state index in [1.165, 1.54) is 12.1 Å². The number of benzene rings is 2. The van der Waals surface area contributed by atoms with Crippen molar-refractivity contribution in [1.29, 1.82) is 0 Å². The molecule has 1 fully saturated rings. The van der Waals surface area contributed by atoms with Crippen LogP contribution in [0.5, 0.6) is 0 Å². The van der Waals surface area contributed by atoms with Gasteiger partial charge in [-0.1, -0.05) is 12.1 Å². The SMILES string of the molecule is O=C(NCCN1CCN(c2ccc(F)cc2)CC1)Nc1cccc(C(=O)NCc2cccs2)c1. The third-order valence-electron chi connectivity index (χ3n) is 5.66. The maximum atomic E-state index is 13.1. The van der Waals surface area contributed by atoms with Gasteiger partial charge in [-0.25, -0.2) is 9.18 Å². The van der Waals surface area contributed by atoms with Crippen molar-refractivity contribution in [1.82, 2.24) is 15.5 Å². The van der Waals surface area contributed by atoms with Crippen LogP contribution in [-0.4, -0.2) is 56.1 Å². The predicted molar refractivity (Wildman–Crippen MR) is 134 cm³/mol. The second kappa shape index (κ2) is 11.6. The Labute approximate surface area is 202 Å². The first-order chi connectivity index (χ1) is 16.6. The van der Waals surface area contributed by atoms with E-state index in [2.05, 4.69) is 25.8 Å². The van der Waals surface area contributed by atoms with Crippen LogP contribution in [0.15, 0.2) is 66.0 Å². The Balaban J connectivity index is 1.16. The lowest BCUT2D eigenvalue weighted by Crippen LogP contribution is -2.48. The van der Waals surface area contributed by atoms with Crippen LogP contribution in [0.25, 0.3) is 0 Å². The second-order valence-electron chi connectivity index (χ2n) is 8.03. The molecule has 0 unspecified atom stereocenters. The normalized spacial score (nSPS) is 14.0. The van der Waals surface area contributed by atoms with Gasteiger partial charge < -0.3 is 20.9 Å². The standard InChI is InChI=1S/C25H28FN5O2S/c26-20-6-8-22(9-7-20)31-14-12-30(13-15-31)11-10-27-25(33)29-21-4-1-3-19(17-21)24(32)28-18-23-5-2-16-34-23/h1-9,16-17H,10-15,18H2,(H,28,32)(H2,27,29,33). The summed E-state index contributed by atoms with van der Waals surface area (Å²) >= 11 is 1.59. The van der Waals surface area contributed by atoms with E-state index in [9.17, 15) is 14.0 Å². The molecule has 178 valence electrons. The van der Waals surface area contributed by atoms with Gasteiger partial charge in [0.15, 0.2) is 0 Å². The van der Waals surface area contributed by atoms with Crippen molar-refractivity contribution < 1.29 is 14.0 Å². The van der Waals surface area contributed by atoms with Gasteiger partial charge in [-0.05, 0) is 53.9 Å². The van der Waals surface area contributed by atoms with Crippen molar-refractivity contribution in [3.63, 3.8) is 0 Å². The quantitative estimate of drug-likeness (QED) is 0.458. The fraction of sp³-hybridized carbons (Fsp3) is 0.280. The molecule has 1 aliphatic heterocycles. The van der Waals surface area contributed by atoms with Crippen molar-refractivity contribution in [3.05, 3.63) is 82.3 Å². The summed E-state index contributed by atoms with van der Waals surface area (Å²) in [6.07, 6.45) is 0. The van der Waals surface area contributed by atoms with Crippen LogP contribution in [-0.2, 0) is 6.54 Å². The molecule has 3 amide bonds. The number of hydrogen-bond donors (Lipinski definition) is 3. The van der Waals surface area contributed by atoms with Crippen LogP contribution in [0.3, 0.4) is 0 Å². The molecule has 2 heterocycles. The van der Waals surface area contributed by atoms with Gasteiger partial charge in [0, 0.05) is 61.1 Å². The lowest BCUT2D eigenvalue weighted by atomic mass is 10.2. The van der Waals surface area contributed by atoms with Gasteiger partial charge in [0.25, 0.3) is 5.91 Å². The van der Waals surface area contributed by atoms with Crippen LogP contribution in [0, 0.1) is 5.82 Å². The van der Waals surface area contributed by atoms with Crippen molar-refractivity contribution >= 4 is 34.6 Å². The highest BCUT2D eigenvalue weighted by Crippen LogP contribution is 2.17. The Hall–Kier alpha value is -3.43. The first kappa shape index (κ1) is 23.7. The largest absolute Gasteiger partial charge is 0.369 e. The van der Waals surface area contributed by atoms with Crippen LogP contribution < -0.4 is 20.9 Å². The summed E-state index contributed by atoms with van der Waals surface area (Å²) in [6, 6.07) is 17.1. The first-order valence-electron chi connectivity index (χ1n) is 11.3. The Morgan fingerprint density at radius 1 is 0.941 bits per heavy atom. The molecule has 1 aliphatic rings. The molecule has 1 saturated heterocycles. The Kier molecular flexibility index (Phi) is 8.11. The monoisotopic (exact) mass is 481 g/mol. The zero-order chi connectivity index (χ0) is 23.8. The van der Waals surface area contributed by atoms with Gasteiger partial charge in [0.2, 0.25) is 0 Å². The maximum absolute atomic E-state index is 13.1. The van der Waals surface area contributed by atoms with Crippen molar-refractivity contribution in [2.24, 2.45) is 0 Å². The van der Waals surface area contributed by atoms with Crippen LogP contribution in [0.2, 0.25) is 0 Å². The van der Waals surface area contributed by atoms with Crippen LogP contribution in [0.4, 0.5) is 20.6 Å². The number of piperazine rings is 1. The van der Waals surface area contributed by atoms with Gasteiger partial charge in [-0.3, -0.25) is 9.69 Å². The highest BCUT2D eigenvalue weighted by molar-refractivity contribution is 7.09. The van der Waals surface area contributed by atoms with E-state index in [0.29, 0.717) is 24.3 Å². The average molecular weight is 482 g/mol. The Bertz CT molecular complexity index is 1080. The molecule has 4 rings (SSSR count). The average Bonchev–Trinajstić information content (AvgIpc) is 3.37. The molecular weight excluding hydrogens is 453 g/mol. The minimum atomic E-state index is -0.305. The third-order valence-corrected chi connectivity index (χ3v) is 6.54. The molecule has 3 N–H and O–H groups in total. The summed E-state index contributed by atoms with van der Waals surface area (Å²) in [5.74, 6) is -0.409. The zero-order valence-electron chi connectivity index (χ0n) is 18.8. The molecule has 0 radical (unpaired) electrons. The van der Waals surface area contributed by atoms with E-state index in [1.54, 1.807) is 47.7 Å². The van der Waals surface area contributed by atoms with E-state index >= 15 is 0 Å². The van der Waals surface area contributed by atoms with Crippen molar-refractivity contribution in [2.45, 2.75) is 6.54 Å². The molecular formula is C25H28FN5O2S. The van der Waals surface area contributed by atoms with Gasteiger partial charge in [-0.2, -0.15) is 0 Å². The Morgan fingerprint density at radius 2 is 1.74 bits per heavy atom. The van der Waals surface area contributed by atoms with Gasteiger partial charge in [-0.15, -0.1) is 11.3 Å². The van der Waals surface area contributed by atoms with Crippen molar-refractivity contribution in [2.75, 3.05) is 49.5 Å². The zero-order valence-corrected chi connectivity index (χ0v) is 19.6. The minimum absolute atomic E-state index is 0.183. The molecule has 9 heteroatoms. The molecule has 0 saturated carbocycles. The molecule has 0 atom stereocenters. The number of urea groups is 1. The number of halogens is 1. The Morgan fingerprint density at radius 3 is 2.47 bits per heavy atom. The number of nitrogens with one attached hydrogen (secondary N) is 3. The van der Waals surface area contributed by atoms with Crippen molar-refractivity contribution in [3.8, 4) is 0 Å². The fourth-order valence-corrected chi connectivity index (χ4v) is 4.45. The highest BCUT2D eigenvalue weighted by Gasteiger charge is 2.17. The van der Waals surface area contributed by atoms with E-state index in [0.717, 1.165) is 43.3 Å². The highest BCUT2D eigenvalue weighted by atomic mass is 32.1. The number of hydrogen-bond acceptors (Lipinski definition) is 5. The van der Waals surface area contributed by atoms with Gasteiger partial charge >= 0.3 is 6.03 Å². The smallest absolute Gasteiger partial charge is 0.319 e. The topological polar surface area (TPSA) is 76.7 Å². The number of anilines is 2. The van der Waals surface area contributed by atoms with Crippen LogP contribution >= 0.6 is 11.3 Å². The number of nitrogens with zero attached hydrogens (tertiary/aromatic N) is 2. The summed E-state index contributed by atoms with van der Waals surface area (Å²) in [6.45, 7) is 5.22. The van der Waals surface area contributed by atoms with Crippen LogP contribution in [0.1, 0.15) is 15.2 Å². The number of amides is 3. The lowest BCUT2D eigenvalue weighted by molar-refractivity contribution is 0.0951. The molecule has 0 bridgehead atoms. The molecule has 3 aromatic rings. The molecule has 0 aliphatic carbocycles. The van der Waals surface area contributed by atoms with E-state index < -0.39 is 0 Å². The number of thiophene rings is 1. The fourth-order valence-electron chi connectivity index (χ4n) is 3.81. The van der Waals surface area contributed by atoms with E-state index in [4.69, 9.17) is 0 Å².